The van der Waals surface area contributed by atoms with E-state index in [1.54, 1.807) is 6.92 Å². The summed E-state index contributed by atoms with van der Waals surface area (Å²) in [5, 5.41) is 0.245. The fraction of sp³-hybridized carbons (Fsp3) is 0.167. The number of benzene rings is 1. The largest absolute Gasteiger partial charge is 0.326 e. The number of anilines is 1. The second kappa shape index (κ2) is 5.69. The van der Waals surface area contributed by atoms with Crippen LogP contribution in [0.25, 0.3) is 0 Å². The molecule has 2 aromatic rings. The Morgan fingerprint density at radius 3 is 2.70 bits per heavy atom. The molecule has 0 radical (unpaired) electrons. The van der Waals surface area contributed by atoms with Gasteiger partial charge in [-0.1, -0.05) is 11.6 Å². The van der Waals surface area contributed by atoms with Gasteiger partial charge in [-0.05, 0) is 36.8 Å². The second-order valence-electron chi connectivity index (χ2n) is 4.11. The van der Waals surface area contributed by atoms with Gasteiger partial charge in [-0.3, -0.25) is 4.72 Å². The first-order valence-electron chi connectivity index (χ1n) is 5.60. The lowest BCUT2D eigenvalue weighted by molar-refractivity contribution is 0.600. The summed E-state index contributed by atoms with van der Waals surface area (Å²) in [7, 11) is -3.85. The van der Waals surface area contributed by atoms with Crippen LogP contribution in [-0.4, -0.2) is 8.42 Å². The number of rotatable bonds is 4. The van der Waals surface area contributed by atoms with E-state index in [4.69, 9.17) is 17.3 Å². The number of nitrogens with one attached hydrogen (secondary N) is 1. The molecule has 0 bridgehead atoms. The van der Waals surface area contributed by atoms with Crippen molar-refractivity contribution in [3.05, 3.63) is 45.5 Å². The first-order valence-corrected chi connectivity index (χ1v) is 8.28. The molecule has 0 aliphatic heterocycles. The van der Waals surface area contributed by atoms with Gasteiger partial charge >= 0.3 is 0 Å². The van der Waals surface area contributed by atoms with E-state index in [9.17, 15) is 12.8 Å². The molecule has 0 amide bonds. The molecule has 1 aromatic heterocycles. The van der Waals surface area contributed by atoms with E-state index in [0.29, 0.717) is 0 Å². The van der Waals surface area contributed by atoms with Gasteiger partial charge in [0, 0.05) is 16.4 Å². The molecule has 1 heterocycles. The van der Waals surface area contributed by atoms with Crippen LogP contribution in [0.2, 0.25) is 5.02 Å². The van der Waals surface area contributed by atoms with Crippen molar-refractivity contribution in [1.29, 1.82) is 0 Å². The fourth-order valence-corrected chi connectivity index (χ4v) is 4.29. The molecular weight excluding hydrogens is 323 g/mol. The smallest absolute Gasteiger partial charge is 0.271 e. The van der Waals surface area contributed by atoms with Gasteiger partial charge < -0.3 is 5.73 Å². The molecule has 108 valence electrons. The van der Waals surface area contributed by atoms with Crippen LogP contribution < -0.4 is 10.5 Å². The Hall–Kier alpha value is -1.15. The molecule has 0 saturated heterocycles. The highest BCUT2D eigenvalue weighted by Crippen LogP contribution is 2.28. The van der Waals surface area contributed by atoms with E-state index in [1.807, 2.05) is 0 Å². The zero-order chi connectivity index (χ0) is 14.9. The maximum Gasteiger partial charge on any atom is 0.271 e. The Kier molecular flexibility index (Phi) is 4.33. The molecule has 0 aliphatic rings. The summed E-state index contributed by atoms with van der Waals surface area (Å²) in [5.41, 5.74) is 6.13. The lowest BCUT2D eigenvalue weighted by atomic mass is 10.3. The van der Waals surface area contributed by atoms with Crippen LogP contribution in [0.4, 0.5) is 10.1 Å². The second-order valence-corrected chi connectivity index (χ2v) is 7.59. The predicted octanol–water partition coefficient (Wildman–Crippen LogP) is 3.11. The number of aryl methyl sites for hydroxylation is 1. The van der Waals surface area contributed by atoms with Crippen LogP contribution in [0.5, 0.6) is 0 Å². The maximum atomic E-state index is 13.6. The minimum atomic E-state index is -3.85. The Morgan fingerprint density at radius 2 is 2.10 bits per heavy atom. The topological polar surface area (TPSA) is 72.2 Å². The molecule has 4 nitrogen and oxygen atoms in total. The first kappa shape index (κ1) is 15.2. The molecule has 3 N–H and O–H groups in total. The van der Waals surface area contributed by atoms with Gasteiger partial charge in [-0.15, -0.1) is 11.3 Å². The summed E-state index contributed by atoms with van der Waals surface area (Å²) in [5.74, 6) is -0.690. The minimum Gasteiger partial charge on any atom is -0.326 e. The van der Waals surface area contributed by atoms with Gasteiger partial charge in [0.15, 0.2) is 0 Å². The molecule has 2 rings (SSSR count). The molecule has 0 atom stereocenters. The van der Waals surface area contributed by atoms with Gasteiger partial charge in [-0.25, -0.2) is 12.8 Å². The molecule has 0 spiro atoms. The summed E-state index contributed by atoms with van der Waals surface area (Å²) < 4.78 is 40.2. The van der Waals surface area contributed by atoms with Crippen LogP contribution in [0.1, 0.15) is 10.4 Å². The van der Waals surface area contributed by atoms with Crippen molar-refractivity contribution in [3.63, 3.8) is 0 Å². The summed E-state index contributed by atoms with van der Waals surface area (Å²) in [4.78, 5) is 0.775. The van der Waals surface area contributed by atoms with Gasteiger partial charge in [0.05, 0.1) is 5.69 Å². The highest BCUT2D eigenvalue weighted by molar-refractivity contribution is 7.94. The highest BCUT2D eigenvalue weighted by atomic mass is 35.5. The van der Waals surface area contributed by atoms with Crippen molar-refractivity contribution >= 4 is 38.6 Å². The van der Waals surface area contributed by atoms with E-state index in [1.165, 1.54) is 18.2 Å². The third-order valence-electron chi connectivity index (χ3n) is 2.62. The van der Waals surface area contributed by atoms with Gasteiger partial charge in [0.25, 0.3) is 10.0 Å². The van der Waals surface area contributed by atoms with Crippen molar-refractivity contribution in [3.8, 4) is 0 Å². The lowest BCUT2D eigenvalue weighted by Gasteiger charge is -2.07. The van der Waals surface area contributed by atoms with Crippen LogP contribution >= 0.6 is 22.9 Å². The maximum absolute atomic E-state index is 13.6. The zero-order valence-electron chi connectivity index (χ0n) is 10.5. The van der Waals surface area contributed by atoms with E-state index in [-0.39, 0.29) is 21.5 Å². The summed E-state index contributed by atoms with van der Waals surface area (Å²) in [6, 6.07) is 5.18. The van der Waals surface area contributed by atoms with Gasteiger partial charge in [0.2, 0.25) is 0 Å². The molecular formula is C12H12ClFN2O2S2. The third kappa shape index (κ3) is 3.12. The fourth-order valence-electron chi connectivity index (χ4n) is 1.59. The standard InChI is InChI=1S/C12H12ClFN2O2S2/c1-7-4-12(19-11(7)6-15)20(17,18)16-10-5-8(13)2-3-9(10)14/h2-5,16H,6,15H2,1H3. The number of hydrogen-bond acceptors (Lipinski definition) is 4. The Balaban J connectivity index is 2.37. The Bertz CT molecular complexity index is 744. The SMILES string of the molecule is Cc1cc(S(=O)(=O)Nc2cc(Cl)ccc2F)sc1CN. The Labute approximate surface area is 125 Å². The predicted molar refractivity (Wildman–Crippen MR) is 79.2 cm³/mol. The zero-order valence-corrected chi connectivity index (χ0v) is 12.9. The summed E-state index contributed by atoms with van der Waals surface area (Å²) in [6.07, 6.45) is 0. The number of halogens is 2. The number of sulfonamides is 1. The molecule has 0 unspecified atom stereocenters. The van der Waals surface area contributed by atoms with Crippen molar-refractivity contribution in [2.75, 3.05) is 4.72 Å². The molecule has 8 heteroatoms. The van der Waals surface area contributed by atoms with E-state index < -0.39 is 15.8 Å². The highest BCUT2D eigenvalue weighted by Gasteiger charge is 2.20. The minimum absolute atomic E-state index is 0.0924. The number of nitrogens with two attached hydrogens (primary N) is 1. The molecule has 0 fully saturated rings. The van der Waals surface area contributed by atoms with Crippen LogP contribution in [0, 0.1) is 12.7 Å². The average Bonchev–Trinajstić information content (AvgIpc) is 2.76. The third-order valence-corrected chi connectivity index (χ3v) is 5.95. The van der Waals surface area contributed by atoms with Crippen LogP contribution in [-0.2, 0) is 16.6 Å². The van der Waals surface area contributed by atoms with Crippen LogP contribution in [0.3, 0.4) is 0 Å². The van der Waals surface area contributed by atoms with Crippen molar-refractivity contribution in [1.82, 2.24) is 0 Å². The molecule has 0 saturated carbocycles. The normalized spacial score (nSPS) is 11.6. The Morgan fingerprint density at radius 1 is 1.40 bits per heavy atom. The van der Waals surface area contributed by atoms with Crippen LogP contribution in [0.15, 0.2) is 28.5 Å². The summed E-state index contributed by atoms with van der Waals surface area (Å²) in [6.45, 7) is 2.04. The van der Waals surface area contributed by atoms with Gasteiger partial charge in [0.1, 0.15) is 10.0 Å². The number of hydrogen-bond donors (Lipinski definition) is 2. The lowest BCUT2D eigenvalue weighted by Crippen LogP contribution is -2.12. The number of thiophene rings is 1. The van der Waals surface area contributed by atoms with Crippen molar-refractivity contribution in [2.24, 2.45) is 5.73 Å². The van der Waals surface area contributed by atoms with E-state index >= 15 is 0 Å². The monoisotopic (exact) mass is 334 g/mol. The van der Waals surface area contributed by atoms with E-state index in [2.05, 4.69) is 4.72 Å². The summed E-state index contributed by atoms with van der Waals surface area (Å²) >= 11 is 6.79. The molecule has 0 aliphatic carbocycles. The van der Waals surface area contributed by atoms with Gasteiger partial charge in [-0.2, -0.15) is 0 Å². The van der Waals surface area contributed by atoms with E-state index in [0.717, 1.165) is 27.8 Å². The van der Waals surface area contributed by atoms with Crippen molar-refractivity contribution < 1.29 is 12.8 Å². The average molecular weight is 335 g/mol. The molecule has 20 heavy (non-hydrogen) atoms. The molecule has 1 aromatic carbocycles. The quantitative estimate of drug-likeness (QED) is 0.902. The first-order chi connectivity index (χ1) is 9.33. The van der Waals surface area contributed by atoms with Crippen molar-refractivity contribution in [2.45, 2.75) is 17.7 Å².